The number of benzene rings is 2. The number of anilines is 1. The van der Waals surface area contributed by atoms with Crippen LogP contribution in [-0.4, -0.2) is 55.3 Å². The second-order valence-electron chi connectivity index (χ2n) is 7.28. The van der Waals surface area contributed by atoms with Gasteiger partial charge in [-0.15, -0.1) is 0 Å². The first-order valence-electron chi connectivity index (χ1n) is 8.64. The van der Waals surface area contributed by atoms with Crippen LogP contribution in [-0.2, 0) is 4.79 Å². The van der Waals surface area contributed by atoms with Crippen LogP contribution < -0.4 is 15.4 Å². The molecule has 0 unspecified atom stereocenters. The van der Waals surface area contributed by atoms with E-state index in [1.807, 2.05) is 57.5 Å². The number of carbonyl (C=O) groups excluding carboxylic acids is 1. The molecular weight excluding hydrogens is 346 g/mol. The van der Waals surface area contributed by atoms with Crippen molar-refractivity contribution in [2.24, 2.45) is 0 Å². The summed E-state index contributed by atoms with van der Waals surface area (Å²) in [6.07, 6.45) is -0.148. The first-order valence-corrected chi connectivity index (χ1v) is 8.64. The molecule has 2 aromatic rings. The summed E-state index contributed by atoms with van der Waals surface area (Å²) < 4.78 is 6.35. The molecule has 27 heavy (non-hydrogen) atoms. The van der Waals surface area contributed by atoms with Crippen molar-refractivity contribution in [3.63, 3.8) is 0 Å². The van der Waals surface area contributed by atoms with E-state index in [1.54, 1.807) is 18.2 Å². The fraction of sp³-hybridized carbons (Fsp3) is 0.300. The van der Waals surface area contributed by atoms with E-state index in [2.05, 4.69) is 10.6 Å². The summed E-state index contributed by atoms with van der Waals surface area (Å²) in [5.74, 6) is 0.197. The van der Waals surface area contributed by atoms with Crippen LogP contribution in [0.15, 0.2) is 54.6 Å². The van der Waals surface area contributed by atoms with Crippen molar-refractivity contribution in [2.45, 2.75) is 12.5 Å². The van der Waals surface area contributed by atoms with Gasteiger partial charge in [0.05, 0.1) is 45.8 Å². The number of quaternary nitrogens is 1. The Balaban J connectivity index is 2.07. The number of carboxylic acids is 1. The number of likely N-dealkylation sites (N-methyl/N-ethyl adjacent to an activating group) is 1. The second-order valence-corrected chi connectivity index (χ2v) is 7.28. The highest BCUT2D eigenvalue weighted by atomic mass is 16.5. The van der Waals surface area contributed by atoms with Gasteiger partial charge in [0.1, 0.15) is 5.75 Å². The fourth-order valence-corrected chi connectivity index (χ4v) is 2.65. The number of nitrogens with zero attached hydrogens (tertiary/aromatic N) is 1. The van der Waals surface area contributed by atoms with Crippen LogP contribution in [0.1, 0.15) is 6.42 Å². The van der Waals surface area contributed by atoms with Gasteiger partial charge >= 0.3 is 12.0 Å². The Morgan fingerprint density at radius 3 is 2.30 bits per heavy atom. The molecule has 144 valence electrons. The molecule has 0 fully saturated rings. The first kappa shape index (κ1) is 20.3. The molecule has 0 aliphatic heterocycles. The maximum atomic E-state index is 12.4. The third kappa shape index (κ3) is 7.37. The van der Waals surface area contributed by atoms with Gasteiger partial charge in [-0.2, -0.15) is 0 Å². The Bertz CT molecular complexity index is 772. The summed E-state index contributed by atoms with van der Waals surface area (Å²) in [5, 5.41) is 14.6. The van der Waals surface area contributed by atoms with E-state index in [4.69, 9.17) is 9.84 Å². The monoisotopic (exact) mass is 372 g/mol. The van der Waals surface area contributed by atoms with Crippen molar-refractivity contribution in [1.82, 2.24) is 5.32 Å². The van der Waals surface area contributed by atoms with Crippen molar-refractivity contribution in [3.05, 3.63) is 54.6 Å². The molecule has 0 aliphatic rings. The minimum atomic E-state index is -0.957. The lowest BCUT2D eigenvalue weighted by atomic mass is 10.2. The largest absolute Gasteiger partial charge is 0.481 e. The van der Waals surface area contributed by atoms with Gasteiger partial charge in [-0.3, -0.25) is 4.79 Å². The molecule has 0 bridgehead atoms. The van der Waals surface area contributed by atoms with Crippen LogP contribution in [0.5, 0.6) is 11.5 Å². The van der Waals surface area contributed by atoms with Gasteiger partial charge in [-0.1, -0.05) is 30.3 Å². The normalized spacial score (nSPS) is 12.1. The van der Waals surface area contributed by atoms with E-state index in [1.165, 1.54) is 0 Å². The molecule has 0 saturated heterocycles. The molecule has 7 nitrogen and oxygen atoms in total. The standard InChI is InChI=1S/C20H25N3O4/c1-23(2,3)14-15(13-19(24)25)21-20(26)22-17-11-7-8-12-18(17)27-16-9-5-4-6-10-16/h4-12,15H,13-14H2,1-3H3,(H2-,21,22,24,25,26)/p+1/t15-/m1/s1. The van der Waals surface area contributed by atoms with Crippen molar-refractivity contribution in [1.29, 1.82) is 0 Å². The number of nitrogens with one attached hydrogen (secondary N) is 2. The lowest BCUT2D eigenvalue weighted by Crippen LogP contribution is -2.50. The van der Waals surface area contributed by atoms with Crippen molar-refractivity contribution >= 4 is 17.7 Å². The second kappa shape index (κ2) is 9.05. The number of carbonyl (C=O) groups is 2. The van der Waals surface area contributed by atoms with Gasteiger partial charge in [0.25, 0.3) is 0 Å². The van der Waals surface area contributed by atoms with Gasteiger partial charge in [0.2, 0.25) is 0 Å². The Morgan fingerprint density at radius 1 is 1.04 bits per heavy atom. The molecule has 0 heterocycles. The third-order valence-electron chi connectivity index (χ3n) is 3.63. The highest BCUT2D eigenvalue weighted by molar-refractivity contribution is 5.91. The molecule has 2 aromatic carbocycles. The maximum Gasteiger partial charge on any atom is 0.319 e. The Hall–Kier alpha value is -3.06. The molecule has 3 N–H and O–H groups in total. The van der Waals surface area contributed by atoms with E-state index in [9.17, 15) is 9.59 Å². The van der Waals surface area contributed by atoms with Gasteiger partial charge in [0.15, 0.2) is 5.75 Å². The van der Waals surface area contributed by atoms with E-state index in [0.29, 0.717) is 28.2 Å². The van der Waals surface area contributed by atoms with Crippen LogP contribution in [0.25, 0.3) is 0 Å². The van der Waals surface area contributed by atoms with Crippen molar-refractivity contribution in [3.8, 4) is 11.5 Å². The molecule has 0 saturated carbocycles. The first-order chi connectivity index (χ1) is 12.7. The van der Waals surface area contributed by atoms with E-state index >= 15 is 0 Å². The zero-order valence-electron chi connectivity index (χ0n) is 15.8. The summed E-state index contributed by atoms with van der Waals surface area (Å²) in [4.78, 5) is 23.5. The molecule has 0 aromatic heterocycles. The molecule has 1 atom stereocenters. The summed E-state index contributed by atoms with van der Waals surface area (Å²) in [5.41, 5.74) is 0.498. The number of hydrogen-bond acceptors (Lipinski definition) is 3. The van der Waals surface area contributed by atoms with Gasteiger partial charge in [0, 0.05) is 0 Å². The quantitative estimate of drug-likeness (QED) is 0.621. The zero-order valence-corrected chi connectivity index (χ0v) is 15.8. The summed E-state index contributed by atoms with van der Waals surface area (Å²) >= 11 is 0. The lowest BCUT2D eigenvalue weighted by molar-refractivity contribution is -0.871. The molecule has 0 radical (unpaired) electrons. The average molecular weight is 372 g/mol. The number of hydrogen-bond donors (Lipinski definition) is 3. The Kier molecular flexibility index (Phi) is 6.79. The highest BCUT2D eigenvalue weighted by Crippen LogP contribution is 2.28. The van der Waals surface area contributed by atoms with Crippen molar-refractivity contribution in [2.75, 3.05) is 33.0 Å². The predicted molar refractivity (Wildman–Crippen MR) is 104 cm³/mol. The number of rotatable bonds is 8. The number of amides is 2. The van der Waals surface area contributed by atoms with Crippen LogP contribution in [0.4, 0.5) is 10.5 Å². The lowest BCUT2D eigenvalue weighted by Gasteiger charge is -2.29. The van der Waals surface area contributed by atoms with Gasteiger partial charge in [-0.05, 0) is 24.3 Å². The number of aliphatic carboxylic acids is 1. The molecule has 2 rings (SSSR count). The number of urea groups is 1. The highest BCUT2D eigenvalue weighted by Gasteiger charge is 2.23. The van der Waals surface area contributed by atoms with E-state index in [-0.39, 0.29) is 6.42 Å². The average Bonchev–Trinajstić information content (AvgIpc) is 2.55. The maximum absolute atomic E-state index is 12.4. The molecule has 0 spiro atoms. The third-order valence-corrected chi connectivity index (χ3v) is 3.63. The van der Waals surface area contributed by atoms with Crippen LogP contribution in [0, 0.1) is 0 Å². The van der Waals surface area contributed by atoms with Crippen molar-refractivity contribution < 1.29 is 23.9 Å². The Morgan fingerprint density at radius 2 is 1.67 bits per heavy atom. The smallest absolute Gasteiger partial charge is 0.319 e. The Labute approximate surface area is 159 Å². The minimum absolute atomic E-state index is 0.148. The zero-order chi connectivity index (χ0) is 19.9. The number of para-hydroxylation sites is 3. The summed E-state index contributed by atoms with van der Waals surface area (Å²) in [6, 6.07) is 15.4. The molecule has 2 amide bonds. The van der Waals surface area contributed by atoms with E-state index in [0.717, 1.165) is 0 Å². The number of carboxylic acid groups (broad SMARTS) is 1. The summed E-state index contributed by atoms with van der Waals surface area (Å²) in [7, 11) is 5.83. The molecule has 0 aliphatic carbocycles. The number of ether oxygens (including phenoxy) is 1. The van der Waals surface area contributed by atoms with Crippen LogP contribution in [0.3, 0.4) is 0 Å². The van der Waals surface area contributed by atoms with Gasteiger partial charge < -0.3 is 25.0 Å². The predicted octanol–water partition coefficient (Wildman–Crippen LogP) is 3.15. The van der Waals surface area contributed by atoms with Gasteiger partial charge in [-0.25, -0.2) is 4.79 Å². The fourth-order valence-electron chi connectivity index (χ4n) is 2.65. The van der Waals surface area contributed by atoms with E-state index < -0.39 is 18.0 Å². The molecular formula is C20H26N3O4+. The molecule has 7 heteroatoms. The minimum Gasteiger partial charge on any atom is -0.481 e. The topological polar surface area (TPSA) is 87.7 Å². The summed E-state index contributed by atoms with van der Waals surface area (Å²) in [6.45, 7) is 0.488. The van der Waals surface area contributed by atoms with Crippen LogP contribution >= 0.6 is 0 Å². The SMILES string of the molecule is C[N+](C)(C)C[C@@H](CC(=O)O)NC(=O)Nc1ccccc1Oc1ccccc1. The van der Waals surface area contributed by atoms with Crippen LogP contribution in [0.2, 0.25) is 0 Å².